The minimum absolute atomic E-state index is 0.623. The van der Waals surface area contributed by atoms with Gasteiger partial charge in [-0.2, -0.15) is 0 Å². The van der Waals surface area contributed by atoms with Crippen LogP contribution in [0.25, 0.3) is 0 Å². The summed E-state index contributed by atoms with van der Waals surface area (Å²) in [5, 5.41) is 0. The molecule has 4 heteroatoms. The van der Waals surface area contributed by atoms with Gasteiger partial charge in [-0.1, -0.05) is 10.5 Å². The van der Waals surface area contributed by atoms with Gasteiger partial charge in [0, 0.05) is 6.08 Å². The van der Waals surface area contributed by atoms with Crippen molar-refractivity contribution in [2.75, 3.05) is 0 Å². The Bertz CT molecular complexity index is 99.5. The third-order valence-electron chi connectivity index (χ3n) is 0.416. The Balaban J connectivity index is 3.33. The lowest BCUT2D eigenvalue weighted by molar-refractivity contribution is -0.205. The van der Waals surface area contributed by atoms with E-state index in [9.17, 15) is 4.79 Å². The Labute approximate surface area is 51.9 Å². The molecule has 0 N–H and O–H groups in total. The lowest BCUT2D eigenvalue weighted by Crippen LogP contribution is -1.94. The van der Waals surface area contributed by atoms with Gasteiger partial charge in [0.2, 0.25) is 0 Å². The highest BCUT2D eigenvalue weighted by atomic mass is 35.5. The van der Waals surface area contributed by atoms with E-state index in [0.29, 0.717) is 0 Å². The molecular formula is C4H5ClO3. The molecule has 0 aliphatic carbocycles. The Kier molecular flexibility index (Phi) is 4.30. The van der Waals surface area contributed by atoms with E-state index in [0.717, 1.165) is 0 Å². The molecule has 0 unspecified atom stereocenters. The zero-order valence-corrected chi connectivity index (χ0v) is 5.01. The van der Waals surface area contributed by atoms with E-state index >= 15 is 0 Å². The zero-order valence-electron chi connectivity index (χ0n) is 4.26. The topological polar surface area (TPSA) is 35.5 Å². The van der Waals surface area contributed by atoms with E-state index in [1.807, 2.05) is 0 Å². The summed E-state index contributed by atoms with van der Waals surface area (Å²) in [7, 11) is 0. The van der Waals surface area contributed by atoms with Crippen LogP contribution in [0, 0.1) is 0 Å². The van der Waals surface area contributed by atoms with Gasteiger partial charge in [0.15, 0.2) is 0 Å². The van der Waals surface area contributed by atoms with Gasteiger partial charge in [-0.3, -0.25) is 4.89 Å². The molecule has 0 radical (unpaired) electrons. The summed E-state index contributed by atoms with van der Waals surface area (Å²) in [6, 6.07) is 0. The van der Waals surface area contributed by atoms with E-state index in [1.54, 1.807) is 6.92 Å². The van der Waals surface area contributed by atoms with Crippen LogP contribution in [0.5, 0.6) is 0 Å². The molecule has 0 rings (SSSR count). The summed E-state index contributed by atoms with van der Waals surface area (Å²) in [4.78, 5) is 13.9. The molecule has 0 saturated carbocycles. The highest BCUT2D eigenvalue weighted by Gasteiger charge is 1.92. The summed E-state index contributed by atoms with van der Waals surface area (Å²) in [6.07, 6.45) is 2.70. The van der Waals surface area contributed by atoms with Crippen molar-refractivity contribution in [1.82, 2.24) is 0 Å². The molecule has 3 nitrogen and oxygen atoms in total. The molecule has 0 aliphatic rings. The van der Waals surface area contributed by atoms with E-state index < -0.39 is 5.97 Å². The van der Waals surface area contributed by atoms with Crippen LogP contribution < -0.4 is 0 Å². The zero-order chi connectivity index (χ0) is 6.41. The monoisotopic (exact) mass is 136 g/mol. The fourth-order valence-electron chi connectivity index (χ4n) is 0.195. The van der Waals surface area contributed by atoms with Gasteiger partial charge in [0.25, 0.3) is 0 Å². The van der Waals surface area contributed by atoms with Gasteiger partial charge in [0.05, 0.1) is 0 Å². The molecule has 46 valence electrons. The molecular weight excluding hydrogens is 131 g/mol. The number of allylic oxidation sites excluding steroid dienone is 1. The van der Waals surface area contributed by atoms with Crippen molar-refractivity contribution < 1.29 is 14.1 Å². The normalized spacial score (nSPS) is 9.75. The number of carbonyl (C=O) groups is 1. The standard InChI is InChI=1S/C4H5ClO3/c1-2-3-4(6)7-8-5/h2-3H,1H3. The Morgan fingerprint density at radius 1 is 1.75 bits per heavy atom. The van der Waals surface area contributed by atoms with Crippen LogP contribution in [0.1, 0.15) is 6.92 Å². The van der Waals surface area contributed by atoms with Crippen LogP contribution in [0.15, 0.2) is 12.2 Å². The predicted octanol–water partition coefficient (Wildman–Crippen LogP) is 1.19. The number of halogens is 1. The van der Waals surface area contributed by atoms with Crippen LogP contribution in [0.2, 0.25) is 0 Å². The summed E-state index contributed by atoms with van der Waals surface area (Å²) >= 11 is 4.56. The second-order valence-corrected chi connectivity index (χ2v) is 1.09. The number of hydrogen-bond donors (Lipinski definition) is 0. The van der Waals surface area contributed by atoms with Crippen LogP contribution in [-0.4, -0.2) is 5.97 Å². The van der Waals surface area contributed by atoms with Gasteiger partial charge >= 0.3 is 5.97 Å². The van der Waals surface area contributed by atoms with Crippen LogP contribution in [0.3, 0.4) is 0 Å². The molecule has 0 spiro atoms. The minimum atomic E-state index is -0.623. The average Bonchev–Trinajstić information content (AvgIpc) is 1.68. The van der Waals surface area contributed by atoms with Crippen LogP contribution in [-0.2, 0) is 14.1 Å². The Morgan fingerprint density at radius 3 is 2.75 bits per heavy atom. The first kappa shape index (κ1) is 7.46. The minimum Gasteiger partial charge on any atom is -0.275 e. The summed E-state index contributed by atoms with van der Waals surface area (Å²) in [5.41, 5.74) is 0. The van der Waals surface area contributed by atoms with Crippen molar-refractivity contribution in [3.8, 4) is 0 Å². The second kappa shape index (κ2) is 4.61. The van der Waals surface area contributed by atoms with Crippen LogP contribution >= 0.6 is 11.9 Å². The molecule has 0 atom stereocenters. The maximum Gasteiger partial charge on any atom is 0.367 e. The largest absolute Gasteiger partial charge is 0.367 e. The van der Waals surface area contributed by atoms with E-state index in [1.165, 1.54) is 12.2 Å². The maximum absolute atomic E-state index is 10.1. The lowest BCUT2D eigenvalue weighted by Gasteiger charge is -1.86. The van der Waals surface area contributed by atoms with E-state index in [4.69, 9.17) is 0 Å². The summed E-state index contributed by atoms with van der Waals surface area (Å²) in [5.74, 6) is -0.623. The molecule has 0 heterocycles. The molecule has 0 amide bonds. The average molecular weight is 137 g/mol. The second-order valence-electron chi connectivity index (χ2n) is 0.965. The molecule has 8 heavy (non-hydrogen) atoms. The lowest BCUT2D eigenvalue weighted by atomic mass is 10.5. The molecule has 0 aromatic heterocycles. The third kappa shape index (κ3) is 3.64. The van der Waals surface area contributed by atoms with Gasteiger partial charge in [0.1, 0.15) is 11.9 Å². The van der Waals surface area contributed by atoms with Crippen molar-refractivity contribution >= 4 is 17.8 Å². The predicted molar refractivity (Wildman–Crippen MR) is 27.8 cm³/mol. The highest BCUT2D eigenvalue weighted by Crippen LogP contribution is 1.84. The summed E-state index contributed by atoms with van der Waals surface area (Å²) < 4.78 is 3.53. The smallest absolute Gasteiger partial charge is 0.275 e. The Morgan fingerprint density at radius 2 is 2.38 bits per heavy atom. The number of rotatable bonds is 2. The van der Waals surface area contributed by atoms with Crippen molar-refractivity contribution in [2.45, 2.75) is 6.92 Å². The SMILES string of the molecule is CC=CC(=O)OOCl. The molecule has 0 aromatic carbocycles. The van der Waals surface area contributed by atoms with Crippen molar-refractivity contribution in [3.63, 3.8) is 0 Å². The van der Waals surface area contributed by atoms with Gasteiger partial charge < -0.3 is 0 Å². The fourth-order valence-corrected chi connectivity index (χ4v) is 0.257. The van der Waals surface area contributed by atoms with Crippen molar-refractivity contribution in [1.29, 1.82) is 0 Å². The third-order valence-corrected chi connectivity index (χ3v) is 0.479. The quantitative estimate of drug-likeness (QED) is 0.325. The number of hydrogen-bond acceptors (Lipinski definition) is 3. The van der Waals surface area contributed by atoms with Gasteiger partial charge in [-0.25, -0.2) is 4.79 Å². The molecule has 0 saturated heterocycles. The van der Waals surface area contributed by atoms with Crippen molar-refractivity contribution in [3.05, 3.63) is 12.2 Å². The van der Waals surface area contributed by atoms with Gasteiger partial charge in [-0.05, 0) is 6.92 Å². The van der Waals surface area contributed by atoms with E-state index in [2.05, 4.69) is 21.2 Å². The molecule has 0 bridgehead atoms. The first-order valence-corrected chi connectivity index (χ1v) is 2.24. The fraction of sp³-hybridized carbons (Fsp3) is 0.250. The van der Waals surface area contributed by atoms with Gasteiger partial charge in [-0.15, -0.1) is 0 Å². The first-order valence-electron chi connectivity index (χ1n) is 1.93. The maximum atomic E-state index is 10.1. The van der Waals surface area contributed by atoms with E-state index in [-0.39, 0.29) is 0 Å². The molecule has 0 fully saturated rings. The summed E-state index contributed by atoms with van der Waals surface area (Å²) in [6.45, 7) is 1.68. The molecule has 0 aliphatic heterocycles. The number of carbonyl (C=O) groups excluding carboxylic acids is 1. The molecule has 0 aromatic rings. The Hall–Kier alpha value is -0.540. The van der Waals surface area contributed by atoms with Crippen molar-refractivity contribution in [2.24, 2.45) is 0 Å². The first-order chi connectivity index (χ1) is 3.81. The highest BCUT2D eigenvalue weighted by molar-refractivity contribution is 6.07. The van der Waals surface area contributed by atoms with Crippen LogP contribution in [0.4, 0.5) is 0 Å².